The number of aromatic nitrogens is 1. The second-order valence-electron chi connectivity index (χ2n) is 6.37. The monoisotopic (exact) mass is 292 g/mol. The number of rotatable bonds is 4. The van der Waals surface area contributed by atoms with Gasteiger partial charge in [0.25, 0.3) is 0 Å². The van der Waals surface area contributed by atoms with Gasteiger partial charge in [-0.15, -0.1) is 0 Å². The number of nitrogens with zero attached hydrogens (tertiary/aromatic N) is 2. The Morgan fingerprint density at radius 1 is 1.33 bits per heavy atom. The van der Waals surface area contributed by atoms with Crippen LogP contribution in [-0.2, 0) is 4.79 Å². The number of carbonyl (C=O) groups excluding carboxylic acids is 1. The first-order chi connectivity index (χ1) is 9.86. The fourth-order valence-electron chi connectivity index (χ4n) is 2.82. The number of piperidine rings is 1. The standard InChI is InChI=1S/C16H24N2O3/c1-4-16(2,3)15(21)17-10-7-12(8-11-17)18-9-5-6-13(18)14(19)20/h5-6,9,12H,4,7-8,10-11H2,1-3H3,(H,19,20). The predicted molar refractivity (Wildman–Crippen MR) is 80.3 cm³/mol. The highest BCUT2D eigenvalue weighted by Crippen LogP contribution is 2.29. The minimum atomic E-state index is -0.898. The Hall–Kier alpha value is -1.78. The minimum absolute atomic E-state index is 0.167. The smallest absolute Gasteiger partial charge is 0.352 e. The summed E-state index contributed by atoms with van der Waals surface area (Å²) in [5, 5.41) is 9.18. The normalized spacial score (nSPS) is 17.0. The third-order valence-electron chi connectivity index (χ3n) is 4.61. The molecule has 0 aromatic carbocycles. The second kappa shape index (κ2) is 5.92. The van der Waals surface area contributed by atoms with E-state index in [9.17, 15) is 14.7 Å². The third kappa shape index (κ3) is 3.12. The van der Waals surface area contributed by atoms with Gasteiger partial charge in [0.1, 0.15) is 5.69 Å². The largest absolute Gasteiger partial charge is 0.477 e. The van der Waals surface area contributed by atoms with E-state index in [1.807, 2.05) is 36.4 Å². The summed E-state index contributed by atoms with van der Waals surface area (Å²) in [6.45, 7) is 7.39. The summed E-state index contributed by atoms with van der Waals surface area (Å²) in [6.07, 6.45) is 4.26. The second-order valence-corrected chi connectivity index (χ2v) is 6.37. The molecular weight excluding hydrogens is 268 g/mol. The van der Waals surface area contributed by atoms with Crippen molar-refractivity contribution in [2.45, 2.75) is 46.1 Å². The van der Waals surface area contributed by atoms with Gasteiger partial charge in [0.05, 0.1) is 0 Å². The Bertz CT molecular complexity index is 525. The number of carbonyl (C=O) groups is 2. The molecule has 0 spiro atoms. The molecule has 1 N–H and O–H groups in total. The number of amides is 1. The quantitative estimate of drug-likeness (QED) is 0.928. The van der Waals surface area contributed by atoms with Crippen LogP contribution in [0.4, 0.5) is 0 Å². The Labute approximate surface area is 125 Å². The molecule has 1 aromatic heterocycles. The van der Waals surface area contributed by atoms with E-state index in [-0.39, 0.29) is 17.4 Å². The number of carboxylic acids is 1. The summed E-state index contributed by atoms with van der Waals surface area (Å²) < 4.78 is 1.83. The van der Waals surface area contributed by atoms with Crippen LogP contribution in [0.1, 0.15) is 56.6 Å². The van der Waals surface area contributed by atoms with Crippen LogP contribution in [0, 0.1) is 5.41 Å². The van der Waals surface area contributed by atoms with Gasteiger partial charge < -0.3 is 14.6 Å². The summed E-state index contributed by atoms with van der Waals surface area (Å²) in [4.78, 5) is 25.5. The van der Waals surface area contributed by atoms with Crippen molar-refractivity contribution >= 4 is 11.9 Å². The van der Waals surface area contributed by atoms with Crippen LogP contribution in [0.25, 0.3) is 0 Å². The summed E-state index contributed by atoms with van der Waals surface area (Å²) in [7, 11) is 0. The highest BCUT2D eigenvalue weighted by Gasteiger charge is 2.33. The number of hydrogen-bond donors (Lipinski definition) is 1. The predicted octanol–water partition coefficient (Wildman–Crippen LogP) is 2.79. The van der Waals surface area contributed by atoms with E-state index < -0.39 is 5.97 Å². The molecule has 0 aliphatic carbocycles. The zero-order chi connectivity index (χ0) is 15.6. The summed E-state index contributed by atoms with van der Waals surface area (Å²) in [5.74, 6) is -0.694. The third-order valence-corrected chi connectivity index (χ3v) is 4.61. The molecule has 21 heavy (non-hydrogen) atoms. The molecule has 0 radical (unpaired) electrons. The van der Waals surface area contributed by atoms with Gasteiger partial charge in [-0.3, -0.25) is 4.79 Å². The van der Waals surface area contributed by atoms with Gasteiger partial charge in [0, 0.05) is 30.7 Å². The summed E-state index contributed by atoms with van der Waals surface area (Å²) in [6, 6.07) is 3.56. The van der Waals surface area contributed by atoms with Crippen LogP contribution < -0.4 is 0 Å². The molecule has 5 heteroatoms. The molecule has 1 fully saturated rings. The summed E-state index contributed by atoms with van der Waals surface area (Å²) in [5.41, 5.74) is 0.0145. The maximum absolute atomic E-state index is 12.4. The lowest BCUT2D eigenvalue weighted by Crippen LogP contribution is -2.45. The molecule has 0 bridgehead atoms. The lowest BCUT2D eigenvalue weighted by Gasteiger charge is -2.37. The van der Waals surface area contributed by atoms with Gasteiger partial charge in [0.15, 0.2) is 0 Å². The van der Waals surface area contributed by atoms with Crippen LogP contribution in [0.3, 0.4) is 0 Å². The number of likely N-dealkylation sites (tertiary alicyclic amines) is 1. The van der Waals surface area contributed by atoms with Gasteiger partial charge >= 0.3 is 5.97 Å². The molecule has 0 atom stereocenters. The van der Waals surface area contributed by atoms with Crippen molar-refractivity contribution in [3.05, 3.63) is 24.0 Å². The molecule has 116 valence electrons. The van der Waals surface area contributed by atoms with E-state index >= 15 is 0 Å². The lowest BCUT2D eigenvalue weighted by atomic mass is 9.87. The topological polar surface area (TPSA) is 62.5 Å². The number of hydrogen-bond acceptors (Lipinski definition) is 2. The first-order valence-electron chi connectivity index (χ1n) is 7.56. The molecule has 2 rings (SSSR count). The highest BCUT2D eigenvalue weighted by molar-refractivity contribution is 5.86. The maximum Gasteiger partial charge on any atom is 0.352 e. The SMILES string of the molecule is CCC(C)(C)C(=O)N1CCC(n2cccc2C(=O)O)CC1. The average Bonchev–Trinajstić information content (AvgIpc) is 2.96. The molecule has 1 aromatic rings. The Kier molecular flexibility index (Phi) is 4.40. The molecule has 1 saturated heterocycles. The van der Waals surface area contributed by atoms with Crippen molar-refractivity contribution in [3.8, 4) is 0 Å². The van der Waals surface area contributed by atoms with Crippen molar-refractivity contribution in [2.75, 3.05) is 13.1 Å². The molecule has 0 saturated carbocycles. The fourth-order valence-corrected chi connectivity index (χ4v) is 2.82. The van der Waals surface area contributed by atoms with Crippen LogP contribution in [0.2, 0.25) is 0 Å². The van der Waals surface area contributed by atoms with Crippen molar-refractivity contribution in [1.82, 2.24) is 9.47 Å². The van der Waals surface area contributed by atoms with E-state index in [0.29, 0.717) is 18.8 Å². The molecule has 0 unspecified atom stereocenters. The van der Waals surface area contributed by atoms with Gasteiger partial charge in [-0.25, -0.2) is 4.79 Å². The van der Waals surface area contributed by atoms with E-state index in [1.54, 1.807) is 12.1 Å². The minimum Gasteiger partial charge on any atom is -0.477 e. The molecule has 1 aliphatic heterocycles. The first-order valence-corrected chi connectivity index (χ1v) is 7.56. The summed E-state index contributed by atoms with van der Waals surface area (Å²) >= 11 is 0. The Balaban J connectivity index is 2.02. The zero-order valence-corrected chi connectivity index (χ0v) is 13.0. The molecule has 5 nitrogen and oxygen atoms in total. The van der Waals surface area contributed by atoms with Crippen molar-refractivity contribution < 1.29 is 14.7 Å². The van der Waals surface area contributed by atoms with Crippen LogP contribution in [0.15, 0.2) is 18.3 Å². The Morgan fingerprint density at radius 3 is 2.48 bits per heavy atom. The molecule has 1 amide bonds. The van der Waals surface area contributed by atoms with Gasteiger partial charge in [0.2, 0.25) is 5.91 Å². The number of carboxylic acid groups (broad SMARTS) is 1. The molecule has 1 aliphatic rings. The Morgan fingerprint density at radius 2 is 1.95 bits per heavy atom. The van der Waals surface area contributed by atoms with E-state index in [1.165, 1.54) is 0 Å². The van der Waals surface area contributed by atoms with Crippen molar-refractivity contribution in [1.29, 1.82) is 0 Å². The van der Waals surface area contributed by atoms with E-state index in [0.717, 1.165) is 19.3 Å². The van der Waals surface area contributed by atoms with Gasteiger partial charge in [-0.1, -0.05) is 20.8 Å². The first kappa shape index (κ1) is 15.6. The van der Waals surface area contributed by atoms with Crippen LogP contribution in [0.5, 0.6) is 0 Å². The highest BCUT2D eigenvalue weighted by atomic mass is 16.4. The van der Waals surface area contributed by atoms with Crippen molar-refractivity contribution in [2.24, 2.45) is 5.41 Å². The van der Waals surface area contributed by atoms with Crippen LogP contribution in [-0.4, -0.2) is 39.5 Å². The molecular formula is C16H24N2O3. The van der Waals surface area contributed by atoms with Gasteiger partial charge in [-0.2, -0.15) is 0 Å². The lowest BCUT2D eigenvalue weighted by molar-refractivity contribution is -0.141. The van der Waals surface area contributed by atoms with E-state index in [4.69, 9.17) is 0 Å². The van der Waals surface area contributed by atoms with E-state index in [2.05, 4.69) is 0 Å². The van der Waals surface area contributed by atoms with Crippen molar-refractivity contribution in [3.63, 3.8) is 0 Å². The zero-order valence-electron chi connectivity index (χ0n) is 13.0. The number of aromatic carboxylic acids is 1. The van der Waals surface area contributed by atoms with Crippen LogP contribution >= 0.6 is 0 Å². The fraction of sp³-hybridized carbons (Fsp3) is 0.625. The van der Waals surface area contributed by atoms with Gasteiger partial charge in [-0.05, 0) is 31.4 Å². The maximum atomic E-state index is 12.4. The average molecular weight is 292 g/mol. The molecule has 2 heterocycles.